The van der Waals surface area contributed by atoms with Crippen LogP contribution in [0.2, 0.25) is 0 Å². The smallest absolute Gasteiger partial charge is 0.180 e. The first kappa shape index (κ1) is 8.13. The Hall–Kier alpha value is -0.480. The van der Waals surface area contributed by atoms with Gasteiger partial charge in [0.2, 0.25) is 0 Å². The molecule has 12 heavy (non-hydrogen) atoms. The van der Waals surface area contributed by atoms with Crippen molar-refractivity contribution in [3.05, 3.63) is 12.4 Å². The molecule has 66 valence electrons. The summed E-state index contributed by atoms with van der Waals surface area (Å²) in [5.41, 5.74) is 0. The minimum atomic E-state index is 1.01. The van der Waals surface area contributed by atoms with E-state index in [2.05, 4.69) is 14.3 Å². The van der Waals surface area contributed by atoms with Crippen LogP contribution >= 0.6 is 11.9 Å². The predicted octanol–water partition coefficient (Wildman–Crippen LogP) is 1.90. The predicted molar refractivity (Wildman–Crippen MR) is 49.9 cm³/mol. The van der Waals surface area contributed by atoms with E-state index in [1.807, 2.05) is 6.20 Å². The molecule has 2 rings (SSSR count). The number of aromatic nitrogens is 2. The lowest BCUT2D eigenvalue weighted by Crippen LogP contribution is -2.22. The number of nitrogens with one attached hydrogen (secondary N) is 1. The summed E-state index contributed by atoms with van der Waals surface area (Å²) in [4.78, 5) is 7.27. The van der Waals surface area contributed by atoms with Gasteiger partial charge in [0, 0.05) is 25.5 Å². The van der Waals surface area contributed by atoms with Crippen LogP contribution < -0.4 is 0 Å². The standard InChI is InChI=1S/C8H13N3S/c1-2-6-11(7-3-1)12-8-9-4-5-10-8/h4-5H,1-3,6-7H2,(H,9,10). The van der Waals surface area contributed by atoms with Gasteiger partial charge in [-0.2, -0.15) is 0 Å². The maximum absolute atomic E-state index is 4.18. The zero-order valence-electron chi connectivity index (χ0n) is 6.99. The SMILES string of the molecule is c1c[nH]c(SN2CCCCC2)n1. The molecule has 0 spiro atoms. The van der Waals surface area contributed by atoms with Crippen molar-refractivity contribution in [3.63, 3.8) is 0 Å². The monoisotopic (exact) mass is 183 g/mol. The zero-order valence-corrected chi connectivity index (χ0v) is 7.81. The molecule has 1 aromatic heterocycles. The van der Waals surface area contributed by atoms with Crippen LogP contribution in [0.5, 0.6) is 0 Å². The highest BCUT2D eigenvalue weighted by atomic mass is 32.2. The van der Waals surface area contributed by atoms with E-state index >= 15 is 0 Å². The van der Waals surface area contributed by atoms with Gasteiger partial charge in [-0.25, -0.2) is 9.29 Å². The lowest BCUT2D eigenvalue weighted by atomic mass is 10.2. The van der Waals surface area contributed by atoms with Crippen molar-refractivity contribution < 1.29 is 0 Å². The normalized spacial score (nSPS) is 19.7. The molecular formula is C8H13N3S. The molecule has 0 aliphatic carbocycles. The van der Waals surface area contributed by atoms with Gasteiger partial charge in [0.05, 0.1) is 0 Å². The van der Waals surface area contributed by atoms with E-state index in [-0.39, 0.29) is 0 Å². The topological polar surface area (TPSA) is 31.9 Å². The van der Waals surface area contributed by atoms with E-state index in [0.29, 0.717) is 0 Å². The van der Waals surface area contributed by atoms with Crippen molar-refractivity contribution in [2.75, 3.05) is 13.1 Å². The van der Waals surface area contributed by atoms with Crippen molar-refractivity contribution in [2.24, 2.45) is 0 Å². The molecule has 0 bridgehead atoms. The molecule has 1 fully saturated rings. The Morgan fingerprint density at radius 2 is 2.17 bits per heavy atom. The molecule has 3 nitrogen and oxygen atoms in total. The van der Waals surface area contributed by atoms with E-state index in [4.69, 9.17) is 0 Å². The van der Waals surface area contributed by atoms with Crippen LogP contribution in [0.15, 0.2) is 17.6 Å². The van der Waals surface area contributed by atoms with Crippen LogP contribution in [0.25, 0.3) is 0 Å². The number of nitrogens with zero attached hydrogens (tertiary/aromatic N) is 2. The van der Waals surface area contributed by atoms with Gasteiger partial charge >= 0.3 is 0 Å². The molecule has 0 aromatic carbocycles. The van der Waals surface area contributed by atoms with Gasteiger partial charge in [-0.15, -0.1) is 0 Å². The Balaban J connectivity index is 1.86. The second-order valence-corrected chi connectivity index (χ2v) is 4.06. The first-order chi connectivity index (χ1) is 5.95. The minimum Gasteiger partial charge on any atom is -0.339 e. The lowest BCUT2D eigenvalue weighted by Gasteiger charge is -2.23. The second kappa shape index (κ2) is 3.96. The number of hydrogen-bond donors (Lipinski definition) is 1. The number of rotatable bonds is 2. The molecule has 2 heterocycles. The Kier molecular flexibility index (Phi) is 2.68. The molecular weight excluding hydrogens is 170 g/mol. The highest BCUT2D eigenvalue weighted by Gasteiger charge is 2.11. The van der Waals surface area contributed by atoms with Crippen LogP contribution in [-0.4, -0.2) is 27.4 Å². The summed E-state index contributed by atoms with van der Waals surface area (Å²) in [5, 5.41) is 1.01. The molecule has 0 saturated carbocycles. The second-order valence-electron chi connectivity index (χ2n) is 2.98. The highest BCUT2D eigenvalue weighted by Crippen LogP contribution is 2.22. The average Bonchev–Trinajstić information content (AvgIpc) is 2.59. The Morgan fingerprint density at radius 1 is 1.33 bits per heavy atom. The van der Waals surface area contributed by atoms with Crippen LogP contribution in [-0.2, 0) is 0 Å². The number of piperidine rings is 1. The van der Waals surface area contributed by atoms with E-state index in [1.54, 1.807) is 18.1 Å². The van der Waals surface area contributed by atoms with Crippen LogP contribution in [0, 0.1) is 0 Å². The van der Waals surface area contributed by atoms with Gasteiger partial charge in [0.25, 0.3) is 0 Å². The first-order valence-corrected chi connectivity index (χ1v) is 5.15. The van der Waals surface area contributed by atoms with Gasteiger partial charge in [0.1, 0.15) is 0 Å². The van der Waals surface area contributed by atoms with Gasteiger partial charge in [-0.3, -0.25) is 0 Å². The largest absolute Gasteiger partial charge is 0.339 e. The number of imidazole rings is 1. The molecule has 0 radical (unpaired) electrons. The maximum Gasteiger partial charge on any atom is 0.180 e. The van der Waals surface area contributed by atoms with Gasteiger partial charge in [0.15, 0.2) is 5.16 Å². The van der Waals surface area contributed by atoms with Gasteiger partial charge < -0.3 is 4.98 Å². The van der Waals surface area contributed by atoms with Crippen molar-refractivity contribution in [1.82, 2.24) is 14.3 Å². The average molecular weight is 183 g/mol. The van der Waals surface area contributed by atoms with Gasteiger partial charge in [-0.1, -0.05) is 6.42 Å². The molecule has 1 N–H and O–H groups in total. The summed E-state index contributed by atoms with van der Waals surface area (Å²) < 4.78 is 2.38. The fourth-order valence-corrected chi connectivity index (χ4v) is 2.29. The number of hydrogen-bond acceptors (Lipinski definition) is 3. The lowest BCUT2D eigenvalue weighted by molar-refractivity contribution is 0.379. The third-order valence-electron chi connectivity index (χ3n) is 2.00. The quantitative estimate of drug-likeness (QED) is 0.711. The van der Waals surface area contributed by atoms with Crippen molar-refractivity contribution >= 4 is 11.9 Å². The first-order valence-electron chi connectivity index (χ1n) is 4.37. The van der Waals surface area contributed by atoms with Crippen LogP contribution in [0.4, 0.5) is 0 Å². The van der Waals surface area contributed by atoms with E-state index in [9.17, 15) is 0 Å². The summed E-state index contributed by atoms with van der Waals surface area (Å²) in [6.45, 7) is 2.40. The van der Waals surface area contributed by atoms with Crippen molar-refractivity contribution in [2.45, 2.75) is 24.4 Å². The molecule has 0 atom stereocenters. The van der Waals surface area contributed by atoms with Crippen LogP contribution in [0.3, 0.4) is 0 Å². The van der Waals surface area contributed by atoms with Crippen molar-refractivity contribution in [3.8, 4) is 0 Å². The third-order valence-corrected chi connectivity index (χ3v) is 3.02. The summed E-state index contributed by atoms with van der Waals surface area (Å²) in [7, 11) is 0. The molecule has 0 amide bonds. The fourth-order valence-electron chi connectivity index (χ4n) is 1.38. The third kappa shape index (κ3) is 2.01. The molecule has 1 saturated heterocycles. The van der Waals surface area contributed by atoms with Crippen LogP contribution in [0.1, 0.15) is 19.3 Å². The Labute approximate surface area is 76.7 Å². The Morgan fingerprint density at radius 3 is 2.83 bits per heavy atom. The van der Waals surface area contributed by atoms with E-state index < -0.39 is 0 Å². The summed E-state index contributed by atoms with van der Waals surface area (Å²) in [5.74, 6) is 0. The minimum absolute atomic E-state index is 1.01. The molecule has 1 aliphatic rings. The zero-order chi connectivity index (χ0) is 8.23. The van der Waals surface area contributed by atoms with Gasteiger partial charge in [-0.05, 0) is 24.8 Å². The molecule has 1 aromatic rings. The number of aromatic amines is 1. The maximum atomic E-state index is 4.18. The molecule has 0 unspecified atom stereocenters. The van der Waals surface area contributed by atoms with E-state index in [1.165, 1.54) is 32.4 Å². The summed E-state index contributed by atoms with van der Waals surface area (Å²) in [6, 6.07) is 0. The highest BCUT2D eigenvalue weighted by molar-refractivity contribution is 7.96. The number of H-pyrrole nitrogens is 1. The van der Waals surface area contributed by atoms with Crippen molar-refractivity contribution in [1.29, 1.82) is 0 Å². The summed E-state index contributed by atoms with van der Waals surface area (Å²) >= 11 is 1.74. The fraction of sp³-hybridized carbons (Fsp3) is 0.625. The molecule has 4 heteroatoms. The van der Waals surface area contributed by atoms with E-state index in [0.717, 1.165) is 5.16 Å². The summed E-state index contributed by atoms with van der Waals surface area (Å²) in [6.07, 6.45) is 7.70. The molecule has 1 aliphatic heterocycles. The Bertz CT molecular complexity index is 216.